The number of hydrogen-bond donors (Lipinski definition) is 0. The van der Waals surface area contributed by atoms with E-state index in [-0.39, 0.29) is 29.3 Å². The molecule has 4 rings (SSSR count). The van der Waals surface area contributed by atoms with E-state index in [0.29, 0.717) is 29.7 Å². The molecule has 0 heterocycles. The molecule has 0 aromatic rings. The summed E-state index contributed by atoms with van der Waals surface area (Å²) in [5.41, 5.74) is 1.77. The number of halogens is 1. The molecule has 0 saturated heterocycles. The highest BCUT2D eigenvalue weighted by Crippen LogP contribution is 2.66. The lowest BCUT2D eigenvalue weighted by Gasteiger charge is -2.57. The predicted octanol–water partition coefficient (Wildman–Crippen LogP) is 6.82. The third kappa shape index (κ3) is 4.00. The zero-order valence-corrected chi connectivity index (χ0v) is 20.8. The van der Waals surface area contributed by atoms with Crippen molar-refractivity contribution < 1.29 is 23.5 Å². The Morgan fingerprint density at radius 2 is 1.88 bits per heavy atom. The summed E-state index contributed by atoms with van der Waals surface area (Å²) in [5, 5.41) is 0. The van der Waals surface area contributed by atoms with Gasteiger partial charge < -0.3 is 9.47 Å². The summed E-state index contributed by atoms with van der Waals surface area (Å²) >= 11 is 0. The minimum Gasteiger partial charge on any atom is -0.461 e. The summed E-state index contributed by atoms with van der Waals surface area (Å²) in [4.78, 5) is 23.9. The smallest absolute Gasteiger partial charge is 0.367 e. The van der Waals surface area contributed by atoms with Gasteiger partial charge in [0.25, 0.3) is 0 Å². The van der Waals surface area contributed by atoms with Crippen molar-refractivity contribution in [2.24, 2.45) is 34.5 Å². The van der Waals surface area contributed by atoms with Gasteiger partial charge >= 0.3 is 11.9 Å². The molecule has 2 saturated carbocycles. The van der Waals surface area contributed by atoms with E-state index in [1.807, 2.05) is 0 Å². The molecule has 0 spiro atoms. The number of esters is 2. The number of hydrogen-bond acceptors (Lipinski definition) is 4. The lowest BCUT2D eigenvalue weighted by molar-refractivity contribution is -0.140. The van der Waals surface area contributed by atoms with Gasteiger partial charge in [-0.1, -0.05) is 33.3 Å². The van der Waals surface area contributed by atoms with Crippen LogP contribution in [-0.2, 0) is 19.1 Å². The molecule has 0 aromatic heterocycles. The van der Waals surface area contributed by atoms with Gasteiger partial charge in [-0.2, -0.15) is 4.39 Å². The van der Waals surface area contributed by atoms with E-state index in [1.54, 1.807) is 6.92 Å². The van der Waals surface area contributed by atoms with Crippen molar-refractivity contribution in [1.29, 1.82) is 0 Å². The van der Waals surface area contributed by atoms with Crippen LogP contribution in [0.3, 0.4) is 0 Å². The number of allylic oxidation sites excluding steroid dienone is 5. The average Bonchev–Trinajstić information content (AvgIpc) is 3.11. The van der Waals surface area contributed by atoms with Crippen LogP contribution in [-0.4, -0.2) is 18.5 Å². The van der Waals surface area contributed by atoms with Crippen LogP contribution in [0.15, 0.2) is 34.9 Å². The van der Waals surface area contributed by atoms with E-state index < -0.39 is 11.8 Å². The monoisotopic (exact) mass is 458 g/mol. The molecule has 0 bridgehead atoms. The molecule has 1 unspecified atom stereocenters. The van der Waals surface area contributed by atoms with E-state index in [1.165, 1.54) is 12.5 Å². The molecule has 0 aromatic carbocycles. The van der Waals surface area contributed by atoms with E-state index >= 15 is 4.39 Å². The Labute approximate surface area is 197 Å². The minimum absolute atomic E-state index is 0.0416. The number of ether oxygens (including phenoxy) is 2. The van der Waals surface area contributed by atoms with Crippen LogP contribution in [0, 0.1) is 34.5 Å². The molecule has 0 N–H and O–H groups in total. The summed E-state index contributed by atoms with van der Waals surface area (Å²) in [7, 11) is 0. The van der Waals surface area contributed by atoms with Crippen LogP contribution < -0.4 is 0 Å². The fraction of sp³-hybridized carbons (Fsp3) is 0.714. The Hall–Kier alpha value is -1.91. The second kappa shape index (κ2) is 9.03. The molecule has 0 amide bonds. The van der Waals surface area contributed by atoms with Crippen molar-refractivity contribution in [2.45, 2.75) is 86.0 Å². The summed E-state index contributed by atoms with van der Waals surface area (Å²) in [6.07, 6.45) is 12.0. The van der Waals surface area contributed by atoms with Crippen LogP contribution in [0.1, 0.15) is 86.0 Å². The van der Waals surface area contributed by atoms with Crippen molar-refractivity contribution in [3.63, 3.8) is 0 Å². The summed E-state index contributed by atoms with van der Waals surface area (Å²) < 4.78 is 25.7. The first kappa shape index (κ1) is 24.2. The first-order chi connectivity index (χ1) is 15.7. The molecule has 4 aliphatic carbocycles. The maximum atomic E-state index is 15.1. The largest absolute Gasteiger partial charge is 0.461 e. The molecular formula is C28H39FO4. The van der Waals surface area contributed by atoms with Crippen LogP contribution in [0.25, 0.3) is 0 Å². The molecule has 6 atom stereocenters. The van der Waals surface area contributed by atoms with E-state index in [9.17, 15) is 9.59 Å². The molecule has 0 aliphatic heterocycles. The highest BCUT2D eigenvalue weighted by Gasteiger charge is 2.58. The molecule has 4 nitrogen and oxygen atoms in total. The zero-order valence-electron chi connectivity index (χ0n) is 20.8. The van der Waals surface area contributed by atoms with Gasteiger partial charge in [0.1, 0.15) is 5.76 Å². The standard InChI is InChI=1S/C28H39FO4/c1-6-8-18-16-28(5)19(15-24(18)33-17(3)30)9-10-20-21-11-12-23(25(29)26(31)32-7-2)27(21,4)14-13-22(20)28/h9,15,18,20-22H,6-8,10-14,16H2,1-5H3/t18?,20-,21-,22-,27-,28-/m0/s1. The Balaban J connectivity index is 1.66. The Morgan fingerprint density at radius 3 is 2.55 bits per heavy atom. The van der Waals surface area contributed by atoms with Gasteiger partial charge in [0.15, 0.2) is 0 Å². The first-order valence-corrected chi connectivity index (χ1v) is 12.8. The van der Waals surface area contributed by atoms with Gasteiger partial charge in [0.2, 0.25) is 5.83 Å². The topological polar surface area (TPSA) is 52.6 Å². The third-order valence-electron chi connectivity index (χ3n) is 9.30. The first-order valence-electron chi connectivity index (χ1n) is 12.8. The van der Waals surface area contributed by atoms with Crippen molar-refractivity contribution in [3.05, 3.63) is 34.9 Å². The molecule has 0 radical (unpaired) electrons. The third-order valence-corrected chi connectivity index (χ3v) is 9.30. The molecule has 5 heteroatoms. The van der Waals surface area contributed by atoms with Crippen LogP contribution in [0.2, 0.25) is 0 Å². The van der Waals surface area contributed by atoms with Crippen LogP contribution in [0.4, 0.5) is 4.39 Å². The number of carbonyl (C=O) groups is 2. The van der Waals surface area contributed by atoms with Gasteiger partial charge in [0, 0.05) is 12.8 Å². The normalized spacial score (nSPS) is 38.8. The van der Waals surface area contributed by atoms with Gasteiger partial charge in [-0.05, 0) is 97.7 Å². The maximum absolute atomic E-state index is 15.1. The second-order valence-corrected chi connectivity index (χ2v) is 11.0. The van der Waals surface area contributed by atoms with Crippen LogP contribution >= 0.6 is 0 Å². The highest BCUT2D eigenvalue weighted by atomic mass is 19.1. The van der Waals surface area contributed by atoms with Crippen LogP contribution in [0.5, 0.6) is 0 Å². The Bertz CT molecular complexity index is 915. The Kier molecular flexibility index (Phi) is 6.63. The lowest BCUT2D eigenvalue weighted by atomic mass is 9.47. The van der Waals surface area contributed by atoms with Crippen molar-refractivity contribution >= 4 is 11.9 Å². The molecule has 182 valence electrons. The Morgan fingerprint density at radius 1 is 1.15 bits per heavy atom. The van der Waals surface area contributed by atoms with E-state index in [4.69, 9.17) is 9.47 Å². The molecular weight excluding hydrogens is 419 g/mol. The fourth-order valence-corrected chi connectivity index (χ4v) is 7.86. The predicted molar refractivity (Wildman–Crippen MR) is 125 cm³/mol. The SMILES string of the molecule is CCCC1C[C@@]2(C)C(=CC[C@@H]3[C@@H]2CC[C@]2(C)C(=C(F)C(=O)OCC)CC[C@@H]32)C=C1OC(C)=O. The summed E-state index contributed by atoms with van der Waals surface area (Å²) in [6.45, 7) is 10.1. The average molecular weight is 459 g/mol. The number of carbonyl (C=O) groups excluding carboxylic acids is 2. The molecule has 2 fully saturated rings. The summed E-state index contributed by atoms with van der Waals surface area (Å²) in [6, 6.07) is 0. The highest BCUT2D eigenvalue weighted by molar-refractivity contribution is 5.87. The fourth-order valence-electron chi connectivity index (χ4n) is 7.86. The zero-order chi connectivity index (χ0) is 24.0. The van der Waals surface area contributed by atoms with Gasteiger partial charge in [-0.3, -0.25) is 4.79 Å². The van der Waals surface area contributed by atoms with E-state index in [2.05, 4.69) is 32.9 Å². The molecule has 4 aliphatic rings. The minimum atomic E-state index is -0.799. The number of rotatable bonds is 5. The molecule has 33 heavy (non-hydrogen) atoms. The van der Waals surface area contributed by atoms with Crippen molar-refractivity contribution in [3.8, 4) is 0 Å². The maximum Gasteiger partial charge on any atom is 0.367 e. The summed E-state index contributed by atoms with van der Waals surface area (Å²) in [5.74, 6) is 0.779. The van der Waals surface area contributed by atoms with Crippen molar-refractivity contribution in [1.82, 2.24) is 0 Å². The van der Waals surface area contributed by atoms with Crippen molar-refractivity contribution in [2.75, 3.05) is 6.61 Å². The number of fused-ring (bicyclic) bond motifs is 5. The van der Waals surface area contributed by atoms with Gasteiger partial charge in [-0.15, -0.1) is 0 Å². The van der Waals surface area contributed by atoms with Gasteiger partial charge in [0.05, 0.1) is 6.61 Å². The van der Waals surface area contributed by atoms with E-state index in [0.717, 1.165) is 50.7 Å². The quantitative estimate of drug-likeness (QED) is 0.335. The second-order valence-electron chi connectivity index (χ2n) is 11.0. The van der Waals surface area contributed by atoms with Gasteiger partial charge in [-0.25, -0.2) is 4.79 Å². The lowest BCUT2D eigenvalue weighted by Crippen LogP contribution is -2.49.